The lowest BCUT2D eigenvalue weighted by atomic mass is 10.1. The highest BCUT2D eigenvalue weighted by atomic mass is 35.5. The van der Waals surface area contributed by atoms with E-state index in [0.717, 1.165) is 17.7 Å². The van der Waals surface area contributed by atoms with Crippen molar-refractivity contribution in [2.45, 2.75) is 26.3 Å². The van der Waals surface area contributed by atoms with E-state index in [0.29, 0.717) is 12.4 Å². The van der Waals surface area contributed by atoms with Gasteiger partial charge in [0, 0.05) is 43.8 Å². The van der Waals surface area contributed by atoms with Crippen molar-refractivity contribution < 1.29 is 4.79 Å². The first kappa shape index (κ1) is 15.8. The molecule has 4 heteroatoms. The zero-order chi connectivity index (χ0) is 14.4. The summed E-state index contributed by atoms with van der Waals surface area (Å²) in [6.07, 6.45) is 0.821. The summed E-state index contributed by atoms with van der Waals surface area (Å²) >= 11 is 5.71. The zero-order valence-electron chi connectivity index (χ0n) is 12.2. The van der Waals surface area contributed by atoms with E-state index in [-0.39, 0.29) is 11.9 Å². The molecule has 0 heterocycles. The van der Waals surface area contributed by atoms with Crippen molar-refractivity contribution in [2.75, 3.05) is 31.4 Å². The molecule has 0 spiro atoms. The molecule has 0 N–H and O–H groups in total. The van der Waals surface area contributed by atoms with Crippen molar-refractivity contribution in [3.63, 3.8) is 0 Å². The highest BCUT2D eigenvalue weighted by Crippen LogP contribution is 2.15. The molecule has 0 aliphatic rings. The number of halogens is 1. The van der Waals surface area contributed by atoms with Crippen molar-refractivity contribution in [3.05, 3.63) is 29.8 Å². The molecule has 0 radical (unpaired) electrons. The van der Waals surface area contributed by atoms with Crippen LogP contribution in [0.1, 0.15) is 30.6 Å². The van der Waals surface area contributed by atoms with Gasteiger partial charge in [-0.15, -0.1) is 11.6 Å². The molecule has 19 heavy (non-hydrogen) atoms. The molecule has 1 aromatic carbocycles. The van der Waals surface area contributed by atoms with Gasteiger partial charge in [0.2, 0.25) is 0 Å². The van der Waals surface area contributed by atoms with Gasteiger partial charge in [-0.05, 0) is 44.5 Å². The summed E-state index contributed by atoms with van der Waals surface area (Å²) in [6, 6.07) is 7.88. The molecule has 1 aromatic rings. The van der Waals surface area contributed by atoms with Crippen LogP contribution in [0.25, 0.3) is 0 Å². The van der Waals surface area contributed by atoms with Gasteiger partial charge in [0.25, 0.3) is 5.91 Å². The van der Waals surface area contributed by atoms with Crippen LogP contribution in [-0.2, 0) is 0 Å². The standard InChI is InChI=1S/C15H23ClN2O/c1-12(2)18(11-5-10-16)15(19)13-6-8-14(9-7-13)17(3)4/h6-9,12H,5,10-11H2,1-4H3. The van der Waals surface area contributed by atoms with Crippen LogP contribution in [0.15, 0.2) is 24.3 Å². The average Bonchev–Trinajstić information content (AvgIpc) is 2.38. The lowest BCUT2D eigenvalue weighted by Crippen LogP contribution is -2.37. The van der Waals surface area contributed by atoms with Gasteiger partial charge in [-0.25, -0.2) is 0 Å². The van der Waals surface area contributed by atoms with Gasteiger partial charge in [0.1, 0.15) is 0 Å². The average molecular weight is 283 g/mol. The molecule has 0 saturated carbocycles. The Kier molecular flexibility index (Phi) is 6.16. The lowest BCUT2D eigenvalue weighted by Gasteiger charge is -2.26. The predicted molar refractivity (Wildman–Crippen MR) is 82.3 cm³/mol. The molecule has 0 unspecified atom stereocenters. The van der Waals surface area contributed by atoms with E-state index < -0.39 is 0 Å². The van der Waals surface area contributed by atoms with E-state index in [1.54, 1.807) is 0 Å². The minimum absolute atomic E-state index is 0.0745. The number of carbonyl (C=O) groups excluding carboxylic acids is 1. The zero-order valence-corrected chi connectivity index (χ0v) is 12.9. The monoisotopic (exact) mass is 282 g/mol. The molecule has 1 rings (SSSR count). The van der Waals surface area contributed by atoms with Gasteiger partial charge in [0.05, 0.1) is 0 Å². The van der Waals surface area contributed by atoms with Crippen molar-refractivity contribution in [3.8, 4) is 0 Å². The molecule has 0 saturated heterocycles. The molecule has 0 aliphatic carbocycles. The van der Waals surface area contributed by atoms with Crippen molar-refractivity contribution in [2.24, 2.45) is 0 Å². The van der Waals surface area contributed by atoms with Gasteiger partial charge in [-0.3, -0.25) is 4.79 Å². The maximum absolute atomic E-state index is 12.4. The molecule has 0 aromatic heterocycles. The first-order valence-electron chi connectivity index (χ1n) is 6.61. The van der Waals surface area contributed by atoms with Crippen LogP contribution in [0.3, 0.4) is 0 Å². The second-order valence-electron chi connectivity index (χ2n) is 5.08. The Bertz CT molecular complexity index is 401. The fourth-order valence-electron chi connectivity index (χ4n) is 1.89. The summed E-state index contributed by atoms with van der Waals surface area (Å²) in [5.74, 6) is 0.654. The maximum atomic E-state index is 12.4. The van der Waals surface area contributed by atoms with Crippen LogP contribution in [0.4, 0.5) is 5.69 Å². The van der Waals surface area contributed by atoms with Crippen LogP contribution in [-0.4, -0.2) is 43.4 Å². The fourth-order valence-corrected chi connectivity index (χ4v) is 2.01. The highest BCUT2D eigenvalue weighted by Gasteiger charge is 2.18. The highest BCUT2D eigenvalue weighted by molar-refractivity contribution is 6.17. The summed E-state index contributed by atoms with van der Waals surface area (Å²) in [5, 5.41) is 0. The minimum atomic E-state index is 0.0745. The molecule has 0 fully saturated rings. The Morgan fingerprint density at radius 1 is 1.21 bits per heavy atom. The number of hydrogen-bond donors (Lipinski definition) is 0. The Morgan fingerprint density at radius 3 is 2.21 bits per heavy atom. The first-order chi connectivity index (χ1) is 8.97. The number of hydrogen-bond acceptors (Lipinski definition) is 2. The molecule has 3 nitrogen and oxygen atoms in total. The van der Waals surface area contributed by atoms with Crippen LogP contribution >= 0.6 is 11.6 Å². The molecular formula is C15H23ClN2O. The number of nitrogens with zero attached hydrogens (tertiary/aromatic N) is 2. The topological polar surface area (TPSA) is 23.6 Å². The van der Waals surface area contributed by atoms with Gasteiger partial charge in [-0.2, -0.15) is 0 Å². The van der Waals surface area contributed by atoms with Crippen molar-refractivity contribution in [1.29, 1.82) is 0 Å². The molecule has 106 valence electrons. The number of alkyl halides is 1. The Morgan fingerprint density at radius 2 is 1.79 bits per heavy atom. The third-order valence-electron chi connectivity index (χ3n) is 3.05. The SMILES string of the molecule is CC(C)N(CCCCl)C(=O)c1ccc(N(C)C)cc1. The lowest BCUT2D eigenvalue weighted by molar-refractivity contribution is 0.0706. The Labute approximate surface area is 121 Å². The second kappa shape index (κ2) is 7.39. The minimum Gasteiger partial charge on any atom is -0.378 e. The van der Waals surface area contributed by atoms with Crippen molar-refractivity contribution in [1.82, 2.24) is 4.90 Å². The normalized spacial score (nSPS) is 10.6. The van der Waals surface area contributed by atoms with Gasteiger partial charge in [0.15, 0.2) is 0 Å². The van der Waals surface area contributed by atoms with E-state index in [4.69, 9.17) is 11.6 Å². The van der Waals surface area contributed by atoms with Gasteiger partial charge in [-0.1, -0.05) is 0 Å². The number of amides is 1. The summed E-state index contributed by atoms with van der Waals surface area (Å²) in [4.78, 5) is 16.3. The smallest absolute Gasteiger partial charge is 0.254 e. The van der Waals surface area contributed by atoms with Crippen molar-refractivity contribution >= 4 is 23.2 Å². The molecular weight excluding hydrogens is 260 g/mol. The Balaban J connectivity index is 2.84. The quantitative estimate of drug-likeness (QED) is 0.748. The van der Waals surface area contributed by atoms with E-state index >= 15 is 0 Å². The number of benzene rings is 1. The fraction of sp³-hybridized carbons (Fsp3) is 0.533. The largest absolute Gasteiger partial charge is 0.378 e. The second-order valence-corrected chi connectivity index (χ2v) is 5.45. The summed E-state index contributed by atoms with van der Waals surface area (Å²) in [7, 11) is 3.97. The maximum Gasteiger partial charge on any atom is 0.254 e. The molecule has 0 bridgehead atoms. The summed E-state index contributed by atoms with van der Waals surface area (Å²) < 4.78 is 0. The predicted octanol–water partition coefficient (Wildman–Crippen LogP) is 3.23. The Hall–Kier alpha value is -1.22. The van der Waals surface area contributed by atoms with E-state index in [1.807, 2.05) is 62.0 Å². The van der Waals surface area contributed by atoms with Crippen LogP contribution < -0.4 is 4.90 Å². The third-order valence-corrected chi connectivity index (χ3v) is 3.31. The summed E-state index contributed by atoms with van der Waals surface area (Å²) in [5.41, 5.74) is 1.82. The molecule has 0 aliphatic heterocycles. The molecule has 1 amide bonds. The molecule has 0 atom stereocenters. The van der Waals surface area contributed by atoms with Crippen LogP contribution in [0, 0.1) is 0 Å². The number of anilines is 1. The van der Waals surface area contributed by atoms with Gasteiger partial charge >= 0.3 is 0 Å². The van der Waals surface area contributed by atoms with E-state index in [1.165, 1.54) is 0 Å². The first-order valence-corrected chi connectivity index (χ1v) is 7.15. The van der Waals surface area contributed by atoms with E-state index in [2.05, 4.69) is 0 Å². The summed E-state index contributed by atoms with van der Waals surface area (Å²) in [6.45, 7) is 4.76. The number of carbonyl (C=O) groups is 1. The van der Waals surface area contributed by atoms with E-state index in [9.17, 15) is 4.79 Å². The third kappa shape index (κ3) is 4.43. The van der Waals surface area contributed by atoms with Crippen LogP contribution in [0.5, 0.6) is 0 Å². The van der Waals surface area contributed by atoms with Crippen LogP contribution in [0.2, 0.25) is 0 Å². The number of rotatable bonds is 6. The van der Waals surface area contributed by atoms with Gasteiger partial charge < -0.3 is 9.80 Å².